The summed E-state index contributed by atoms with van der Waals surface area (Å²) in [5.74, 6) is 0. The molecular formula is C8H18N2O3S. The van der Waals surface area contributed by atoms with Crippen LogP contribution in [0.15, 0.2) is 0 Å². The number of amides is 2. The predicted molar refractivity (Wildman–Crippen MR) is 55.5 cm³/mol. The summed E-state index contributed by atoms with van der Waals surface area (Å²) >= 11 is 0. The number of hydrogen-bond donors (Lipinski definition) is 0. The molecular weight excluding hydrogens is 204 g/mol. The van der Waals surface area contributed by atoms with E-state index in [4.69, 9.17) is 0 Å². The summed E-state index contributed by atoms with van der Waals surface area (Å²) in [6, 6.07) is -0.528. The lowest BCUT2D eigenvalue weighted by atomic mass is 10.1. The summed E-state index contributed by atoms with van der Waals surface area (Å²) in [7, 11) is -0.642. The van der Waals surface area contributed by atoms with Gasteiger partial charge >= 0.3 is 6.03 Å². The van der Waals surface area contributed by atoms with Gasteiger partial charge in [-0.25, -0.2) is 17.5 Å². The van der Waals surface area contributed by atoms with Crippen molar-refractivity contribution in [2.45, 2.75) is 26.3 Å². The third kappa shape index (κ3) is 3.17. The van der Waals surface area contributed by atoms with Crippen molar-refractivity contribution >= 4 is 16.1 Å². The van der Waals surface area contributed by atoms with Crippen molar-refractivity contribution in [1.82, 2.24) is 9.21 Å². The first-order chi connectivity index (χ1) is 5.98. The Hall–Kier alpha value is -0.780. The average Bonchev–Trinajstić information content (AvgIpc) is 1.97. The molecule has 2 amide bonds. The van der Waals surface area contributed by atoms with Crippen LogP contribution in [0, 0.1) is 0 Å². The van der Waals surface area contributed by atoms with Crippen LogP contribution >= 0.6 is 0 Å². The van der Waals surface area contributed by atoms with Gasteiger partial charge in [-0.1, -0.05) is 0 Å². The molecule has 0 aliphatic carbocycles. The van der Waals surface area contributed by atoms with E-state index < -0.39 is 21.6 Å². The molecule has 0 aliphatic heterocycles. The molecule has 0 aromatic heterocycles. The molecule has 0 spiro atoms. The standard InChI is InChI=1S/C8H18N2O3S/c1-8(2,3)9(4)7(11)10(5)14(6,12)13/h1-6H3. The van der Waals surface area contributed by atoms with E-state index in [-0.39, 0.29) is 0 Å². The molecule has 0 fully saturated rings. The maximum absolute atomic E-state index is 11.6. The number of carbonyl (C=O) groups is 1. The molecule has 14 heavy (non-hydrogen) atoms. The molecule has 0 aromatic rings. The van der Waals surface area contributed by atoms with Gasteiger partial charge in [0.05, 0.1) is 6.26 Å². The fraction of sp³-hybridized carbons (Fsp3) is 0.875. The Morgan fingerprint density at radius 1 is 1.14 bits per heavy atom. The number of urea groups is 1. The Balaban J connectivity index is 4.83. The van der Waals surface area contributed by atoms with Crippen LogP contribution in [0.2, 0.25) is 0 Å². The minimum absolute atomic E-state index is 0.393. The van der Waals surface area contributed by atoms with Crippen LogP contribution < -0.4 is 0 Å². The molecule has 0 aliphatic rings. The van der Waals surface area contributed by atoms with Crippen molar-refractivity contribution in [1.29, 1.82) is 0 Å². The highest BCUT2D eigenvalue weighted by molar-refractivity contribution is 7.88. The first-order valence-electron chi connectivity index (χ1n) is 4.19. The molecule has 0 saturated carbocycles. The van der Waals surface area contributed by atoms with Gasteiger partial charge in [0.15, 0.2) is 0 Å². The van der Waals surface area contributed by atoms with Gasteiger partial charge < -0.3 is 4.90 Å². The van der Waals surface area contributed by atoms with E-state index in [9.17, 15) is 13.2 Å². The molecule has 6 heteroatoms. The largest absolute Gasteiger partial charge is 0.333 e. The summed E-state index contributed by atoms with van der Waals surface area (Å²) in [5.41, 5.74) is -0.393. The van der Waals surface area contributed by atoms with Crippen molar-refractivity contribution in [3.63, 3.8) is 0 Å². The van der Waals surface area contributed by atoms with Crippen LogP contribution in [0.1, 0.15) is 20.8 Å². The Morgan fingerprint density at radius 2 is 1.50 bits per heavy atom. The molecule has 0 heterocycles. The molecule has 84 valence electrons. The molecule has 0 rings (SSSR count). The van der Waals surface area contributed by atoms with Crippen molar-refractivity contribution in [3.05, 3.63) is 0 Å². The van der Waals surface area contributed by atoms with Crippen LogP contribution in [-0.4, -0.2) is 49.5 Å². The van der Waals surface area contributed by atoms with Gasteiger partial charge in [0, 0.05) is 19.6 Å². The zero-order valence-electron chi connectivity index (χ0n) is 9.53. The zero-order chi connectivity index (χ0) is 11.7. The van der Waals surface area contributed by atoms with Gasteiger partial charge in [-0.05, 0) is 20.8 Å². The molecule has 0 N–H and O–H groups in total. The fourth-order valence-electron chi connectivity index (χ4n) is 0.640. The molecule has 0 bridgehead atoms. The smallest absolute Gasteiger partial charge is 0.322 e. The normalized spacial score (nSPS) is 12.4. The van der Waals surface area contributed by atoms with E-state index >= 15 is 0 Å². The van der Waals surface area contributed by atoms with Gasteiger partial charge in [-0.2, -0.15) is 0 Å². The van der Waals surface area contributed by atoms with Crippen LogP contribution in [-0.2, 0) is 10.0 Å². The highest BCUT2D eigenvalue weighted by atomic mass is 32.2. The van der Waals surface area contributed by atoms with Crippen molar-refractivity contribution in [2.24, 2.45) is 0 Å². The van der Waals surface area contributed by atoms with E-state index in [0.717, 1.165) is 10.6 Å². The van der Waals surface area contributed by atoms with E-state index in [0.29, 0.717) is 0 Å². The summed E-state index contributed by atoms with van der Waals surface area (Å²) < 4.78 is 22.9. The maximum Gasteiger partial charge on any atom is 0.333 e. The Labute approximate surface area is 85.7 Å². The third-order valence-corrected chi connectivity index (χ3v) is 3.21. The number of sulfonamides is 1. The number of hydrogen-bond acceptors (Lipinski definition) is 3. The highest BCUT2D eigenvalue weighted by Gasteiger charge is 2.28. The number of rotatable bonds is 1. The second kappa shape index (κ2) is 3.76. The maximum atomic E-state index is 11.6. The van der Waals surface area contributed by atoms with E-state index in [1.54, 1.807) is 7.05 Å². The molecule has 5 nitrogen and oxygen atoms in total. The SMILES string of the molecule is CN(C(=O)N(C)S(C)(=O)=O)C(C)(C)C. The number of nitrogens with zero attached hydrogens (tertiary/aromatic N) is 2. The third-order valence-electron chi connectivity index (χ3n) is 2.06. The lowest BCUT2D eigenvalue weighted by molar-refractivity contribution is 0.152. The van der Waals surface area contributed by atoms with Gasteiger partial charge in [0.25, 0.3) is 0 Å². The summed E-state index contributed by atoms with van der Waals surface area (Å²) in [6.07, 6.45) is 1.00. The molecule has 0 saturated heterocycles. The zero-order valence-corrected chi connectivity index (χ0v) is 10.3. The summed E-state index contributed by atoms with van der Waals surface area (Å²) in [4.78, 5) is 13.0. The monoisotopic (exact) mass is 222 g/mol. The van der Waals surface area contributed by atoms with E-state index in [2.05, 4.69) is 0 Å². The summed E-state index contributed by atoms with van der Waals surface area (Å²) in [6.45, 7) is 5.50. The van der Waals surface area contributed by atoms with Gasteiger partial charge in [0.1, 0.15) is 0 Å². The summed E-state index contributed by atoms with van der Waals surface area (Å²) in [5, 5.41) is 0. The number of carbonyl (C=O) groups excluding carboxylic acids is 1. The van der Waals surface area contributed by atoms with E-state index in [1.165, 1.54) is 11.9 Å². The first-order valence-corrected chi connectivity index (χ1v) is 6.04. The molecule has 0 aromatic carbocycles. The van der Waals surface area contributed by atoms with Gasteiger partial charge in [-0.15, -0.1) is 0 Å². The van der Waals surface area contributed by atoms with Crippen LogP contribution in [0.5, 0.6) is 0 Å². The second-order valence-electron chi connectivity index (χ2n) is 4.24. The molecule has 0 atom stereocenters. The Morgan fingerprint density at radius 3 is 1.71 bits per heavy atom. The first kappa shape index (κ1) is 13.2. The van der Waals surface area contributed by atoms with Gasteiger partial charge in [0.2, 0.25) is 10.0 Å². The minimum Gasteiger partial charge on any atom is -0.322 e. The average molecular weight is 222 g/mol. The quantitative estimate of drug-likeness (QED) is 0.657. The molecule has 0 unspecified atom stereocenters. The van der Waals surface area contributed by atoms with Crippen LogP contribution in [0.4, 0.5) is 4.79 Å². The lowest BCUT2D eigenvalue weighted by Gasteiger charge is -2.34. The predicted octanol–water partition coefficient (Wildman–Crippen LogP) is 0.728. The topological polar surface area (TPSA) is 57.7 Å². The van der Waals surface area contributed by atoms with Crippen molar-refractivity contribution < 1.29 is 13.2 Å². The van der Waals surface area contributed by atoms with Crippen molar-refractivity contribution in [3.8, 4) is 0 Å². The van der Waals surface area contributed by atoms with Crippen LogP contribution in [0.25, 0.3) is 0 Å². The second-order valence-corrected chi connectivity index (χ2v) is 6.26. The Bertz CT molecular complexity index is 316. The van der Waals surface area contributed by atoms with Crippen LogP contribution in [0.3, 0.4) is 0 Å². The van der Waals surface area contributed by atoms with E-state index in [1.807, 2.05) is 20.8 Å². The Kier molecular flexibility index (Phi) is 3.55. The molecule has 0 radical (unpaired) electrons. The fourth-order valence-corrected chi connectivity index (χ4v) is 1.05. The van der Waals surface area contributed by atoms with Crippen molar-refractivity contribution in [2.75, 3.05) is 20.4 Å². The minimum atomic E-state index is -3.47. The van der Waals surface area contributed by atoms with Gasteiger partial charge in [-0.3, -0.25) is 0 Å². The highest BCUT2D eigenvalue weighted by Crippen LogP contribution is 2.13. The lowest BCUT2D eigenvalue weighted by Crippen LogP contribution is -2.49.